The Morgan fingerprint density at radius 3 is 2.48 bits per heavy atom. The summed E-state index contributed by atoms with van der Waals surface area (Å²) in [5.41, 5.74) is 1.97. The molecule has 4 aromatic rings. The van der Waals surface area contributed by atoms with Gasteiger partial charge in [0, 0.05) is 5.69 Å². The van der Waals surface area contributed by atoms with E-state index in [9.17, 15) is 4.79 Å². The minimum atomic E-state index is -0.282. The third-order valence-corrected chi connectivity index (χ3v) is 5.39. The first-order valence-corrected chi connectivity index (χ1v) is 9.15. The van der Waals surface area contributed by atoms with Crippen molar-refractivity contribution in [3.05, 3.63) is 72.4 Å². The molecule has 2 aromatic heterocycles. The fraction of sp³-hybridized carbons (Fsp3) is 0. The predicted molar refractivity (Wildman–Crippen MR) is 100 cm³/mol. The number of para-hydroxylation sites is 2. The topological polar surface area (TPSA) is 67.8 Å². The first-order chi connectivity index (χ1) is 12.3. The summed E-state index contributed by atoms with van der Waals surface area (Å²) in [7, 11) is 0. The fourth-order valence-electron chi connectivity index (χ4n) is 2.20. The quantitative estimate of drug-likeness (QED) is 0.578. The molecule has 0 aliphatic carbocycles. The summed E-state index contributed by atoms with van der Waals surface area (Å²) in [6, 6.07) is 20.7. The Labute approximate surface area is 152 Å². The maximum atomic E-state index is 12.2. The van der Waals surface area contributed by atoms with E-state index in [4.69, 9.17) is 0 Å². The maximum absolute atomic E-state index is 12.2. The average Bonchev–Trinajstić information content (AvgIpc) is 3.05. The minimum Gasteiger partial charge on any atom is -0.321 e. The van der Waals surface area contributed by atoms with Crippen molar-refractivity contribution >= 4 is 44.9 Å². The molecule has 122 valence electrons. The second-order valence-electron chi connectivity index (χ2n) is 5.13. The van der Waals surface area contributed by atoms with Crippen molar-refractivity contribution in [1.82, 2.24) is 15.2 Å². The summed E-state index contributed by atoms with van der Waals surface area (Å²) in [4.78, 5) is 16.7. The van der Waals surface area contributed by atoms with Gasteiger partial charge in [-0.3, -0.25) is 4.79 Å². The van der Waals surface area contributed by atoms with Crippen molar-refractivity contribution < 1.29 is 4.79 Å². The van der Waals surface area contributed by atoms with Crippen LogP contribution in [0.25, 0.3) is 10.2 Å². The number of nitrogens with zero attached hydrogens (tertiary/aromatic N) is 3. The Balaban J connectivity index is 1.47. The van der Waals surface area contributed by atoms with Crippen LogP contribution in [0.15, 0.2) is 76.1 Å². The van der Waals surface area contributed by atoms with E-state index in [-0.39, 0.29) is 11.6 Å². The van der Waals surface area contributed by atoms with Gasteiger partial charge in [0.15, 0.2) is 10.0 Å². The SMILES string of the molecule is O=C(Nc1ccccc1)c1ccc(Sc2nc3ccccc3s2)nn1. The highest BCUT2D eigenvalue weighted by atomic mass is 32.2. The molecule has 0 saturated heterocycles. The van der Waals surface area contributed by atoms with E-state index in [2.05, 4.69) is 20.5 Å². The third kappa shape index (κ3) is 3.67. The normalized spacial score (nSPS) is 10.7. The van der Waals surface area contributed by atoms with E-state index in [1.807, 2.05) is 54.6 Å². The zero-order valence-electron chi connectivity index (χ0n) is 12.9. The van der Waals surface area contributed by atoms with Gasteiger partial charge in [0.25, 0.3) is 5.91 Å². The Hall–Kier alpha value is -2.77. The van der Waals surface area contributed by atoms with E-state index in [1.165, 1.54) is 11.8 Å². The number of carbonyl (C=O) groups excluding carboxylic acids is 1. The molecule has 5 nitrogen and oxygen atoms in total. The number of hydrogen-bond acceptors (Lipinski definition) is 6. The fourth-order valence-corrected chi connectivity index (χ4v) is 4.13. The predicted octanol–water partition coefficient (Wildman–Crippen LogP) is 4.49. The molecule has 0 saturated carbocycles. The van der Waals surface area contributed by atoms with Crippen LogP contribution in [0.3, 0.4) is 0 Å². The number of rotatable bonds is 4. The second kappa shape index (κ2) is 7.00. The lowest BCUT2D eigenvalue weighted by Crippen LogP contribution is -2.14. The van der Waals surface area contributed by atoms with Gasteiger partial charge in [0.05, 0.1) is 10.2 Å². The van der Waals surface area contributed by atoms with Crippen LogP contribution < -0.4 is 5.32 Å². The monoisotopic (exact) mass is 364 g/mol. The molecular formula is C18H12N4OS2. The van der Waals surface area contributed by atoms with Crippen molar-refractivity contribution in [3.8, 4) is 0 Å². The molecule has 1 N–H and O–H groups in total. The first-order valence-electron chi connectivity index (χ1n) is 7.51. The zero-order chi connectivity index (χ0) is 17.1. The number of anilines is 1. The number of thiazole rings is 1. The van der Waals surface area contributed by atoms with Gasteiger partial charge < -0.3 is 5.32 Å². The van der Waals surface area contributed by atoms with Gasteiger partial charge in [-0.25, -0.2) is 4.98 Å². The number of fused-ring (bicyclic) bond motifs is 1. The van der Waals surface area contributed by atoms with E-state index < -0.39 is 0 Å². The molecule has 0 unspecified atom stereocenters. The summed E-state index contributed by atoms with van der Waals surface area (Å²) in [5, 5.41) is 11.6. The zero-order valence-corrected chi connectivity index (χ0v) is 14.6. The standard InChI is InChI=1S/C18H12N4OS2/c23-17(19-12-6-2-1-3-7-12)14-10-11-16(22-21-14)25-18-20-13-8-4-5-9-15(13)24-18/h1-11H,(H,19,23). The lowest BCUT2D eigenvalue weighted by Gasteiger charge is -2.04. The van der Waals surface area contributed by atoms with Gasteiger partial charge in [-0.05, 0) is 48.2 Å². The highest BCUT2D eigenvalue weighted by molar-refractivity contribution is 8.01. The number of aromatic nitrogens is 3. The first kappa shape index (κ1) is 15.7. The Morgan fingerprint density at radius 2 is 1.72 bits per heavy atom. The smallest absolute Gasteiger partial charge is 0.276 e. The summed E-state index contributed by atoms with van der Waals surface area (Å²) >= 11 is 3.05. The van der Waals surface area contributed by atoms with Crippen LogP contribution in [-0.2, 0) is 0 Å². The van der Waals surface area contributed by atoms with Crippen LogP contribution >= 0.6 is 23.1 Å². The molecule has 2 heterocycles. The van der Waals surface area contributed by atoms with E-state index in [0.29, 0.717) is 5.03 Å². The van der Waals surface area contributed by atoms with Gasteiger partial charge in [0.2, 0.25) is 0 Å². The number of carbonyl (C=O) groups is 1. The molecular weight excluding hydrogens is 352 g/mol. The van der Waals surface area contributed by atoms with Crippen molar-refractivity contribution in [1.29, 1.82) is 0 Å². The molecule has 0 radical (unpaired) electrons. The molecule has 25 heavy (non-hydrogen) atoms. The molecule has 0 spiro atoms. The van der Waals surface area contributed by atoms with Gasteiger partial charge >= 0.3 is 0 Å². The van der Waals surface area contributed by atoms with Crippen LogP contribution in [0.5, 0.6) is 0 Å². The molecule has 0 aliphatic rings. The van der Waals surface area contributed by atoms with Crippen LogP contribution in [0.4, 0.5) is 5.69 Å². The molecule has 0 bridgehead atoms. The number of nitrogens with one attached hydrogen (secondary N) is 1. The summed E-state index contributed by atoms with van der Waals surface area (Å²) in [6.45, 7) is 0. The number of hydrogen-bond donors (Lipinski definition) is 1. The molecule has 7 heteroatoms. The average molecular weight is 364 g/mol. The second-order valence-corrected chi connectivity index (χ2v) is 7.42. The van der Waals surface area contributed by atoms with Crippen LogP contribution in [0.2, 0.25) is 0 Å². The molecule has 0 aliphatic heterocycles. The van der Waals surface area contributed by atoms with Crippen molar-refractivity contribution in [2.75, 3.05) is 5.32 Å². The van der Waals surface area contributed by atoms with Crippen molar-refractivity contribution in [3.63, 3.8) is 0 Å². The van der Waals surface area contributed by atoms with E-state index >= 15 is 0 Å². The van der Waals surface area contributed by atoms with E-state index in [0.717, 1.165) is 20.2 Å². The summed E-state index contributed by atoms with van der Waals surface area (Å²) in [6.07, 6.45) is 0. The van der Waals surface area contributed by atoms with E-state index in [1.54, 1.807) is 23.5 Å². The highest BCUT2D eigenvalue weighted by Gasteiger charge is 2.10. The summed E-state index contributed by atoms with van der Waals surface area (Å²) in [5.74, 6) is -0.282. The Morgan fingerprint density at radius 1 is 0.920 bits per heavy atom. The summed E-state index contributed by atoms with van der Waals surface area (Å²) < 4.78 is 2.04. The van der Waals surface area contributed by atoms with Crippen molar-refractivity contribution in [2.45, 2.75) is 9.37 Å². The van der Waals surface area contributed by atoms with Crippen LogP contribution in [0.1, 0.15) is 10.5 Å². The Bertz CT molecular complexity index is 983. The van der Waals surface area contributed by atoms with Gasteiger partial charge in [0.1, 0.15) is 5.03 Å². The molecule has 0 fully saturated rings. The molecule has 1 amide bonds. The highest BCUT2D eigenvalue weighted by Crippen LogP contribution is 2.32. The van der Waals surface area contributed by atoms with Gasteiger partial charge in [-0.15, -0.1) is 21.5 Å². The lowest BCUT2D eigenvalue weighted by molar-refractivity contribution is 0.102. The third-order valence-electron chi connectivity index (χ3n) is 3.37. The lowest BCUT2D eigenvalue weighted by atomic mass is 10.3. The maximum Gasteiger partial charge on any atom is 0.276 e. The Kier molecular flexibility index (Phi) is 4.41. The number of amides is 1. The van der Waals surface area contributed by atoms with Crippen molar-refractivity contribution in [2.24, 2.45) is 0 Å². The molecule has 0 atom stereocenters. The van der Waals surface area contributed by atoms with Gasteiger partial charge in [-0.1, -0.05) is 30.3 Å². The largest absolute Gasteiger partial charge is 0.321 e. The molecule has 2 aromatic carbocycles. The van der Waals surface area contributed by atoms with Crippen LogP contribution in [0, 0.1) is 0 Å². The molecule has 4 rings (SSSR count). The number of benzene rings is 2. The van der Waals surface area contributed by atoms with Crippen LogP contribution in [-0.4, -0.2) is 21.1 Å². The minimum absolute atomic E-state index is 0.275. The van der Waals surface area contributed by atoms with Gasteiger partial charge in [-0.2, -0.15) is 0 Å².